The van der Waals surface area contributed by atoms with Gasteiger partial charge in [0.1, 0.15) is 0 Å². The summed E-state index contributed by atoms with van der Waals surface area (Å²) in [5.41, 5.74) is 7.88. The monoisotopic (exact) mass is 483 g/mol. The Labute approximate surface area is 199 Å². The van der Waals surface area contributed by atoms with Crippen molar-refractivity contribution < 1.29 is 0 Å². The highest BCUT2D eigenvalue weighted by atomic mass is 35.5. The summed E-state index contributed by atoms with van der Waals surface area (Å²) >= 11 is 1.75. The van der Waals surface area contributed by atoms with Crippen molar-refractivity contribution in [3.8, 4) is 0 Å². The lowest BCUT2D eigenvalue weighted by Crippen LogP contribution is -2.33. The van der Waals surface area contributed by atoms with Crippen molar-refractivity contribution >= 4 is 59.1 Å². The Morgan fingerprint density at radius 2 is 1.84 bits per heavy atom. The average Bonchev–Trinajstić information content (AvgIpc) is 3.49. The van der Waals surface area contributed by atoms with E-state index in [9.17, 15) is 0 Å². The molecule has 3 aromatic heterocycles. The molecule has 5 rings (SSSR count). The molecule has 10 heteroatoms. The van der Waals surface area contributed by atoms with Gasteiger partial charge in [0.05, 0.1) is 12.9 Å². The van der Waals surface area contributed by atoms with Crippen LogP contribution < -0.4 is 16.4 Å². The van der Waals surface area contributed by atoms with Crippen molar-refractivity contribution in [2.45, 2.75) is 76.0 Å². The second kappa shape index (κ2) is 10.8. The summed E-state index contributed by atoms with van der Waals surface area (Å²) in [6.45, 7) is 0.748. The van der Waals surface area contributed by atoms with Crippen LogP contribution in [0.3, 0.4) is 0 Å². The Balaban J connectivity index is 0.00000136. The maximum atomic E-state index is 6.07. The average molecular weight is 485 g/mol. The first-order valence-electron chi connectivity index (χ1n) is 10.8. The van der Waals surface area contributed by atoms with Crippen molar-refractivity contribution in [3.63, 3.8) is 0 Å². The van der Waals surface area contributed by atoms with Gasteiger partial charge in [-0.1, -0.05) is 18.9 Å². The van der Waals surface area contributed by atoms with Crippen LogP contribution in [0.1, 0.15) is 62.3 Å². The minimum absolute atomic E-state index is 0. The number of nitrogens with two attached hydrogens (primary N) is 1. The molecule has 2 aliphatic rings. The summed E-state index contributed by atoms with van der Waals surface area (Å²) in [7, 11) is 0. The second-order valence-corrected chi connectivity index (χ2v) is 9.38. The van der Waals surface area contributed by atoms with E-state index >= 15 is 0 Å². The fourth-order valence-corrected chi connectivity index (χ4v) is 5.23. The number of rotatable bonds is 6. The molecule has 0 atom stereocenters. The summed E-state index contributed by atoms with van der Waals surface area (Å²) < 4.78 is 2.27. The van der Waals surface area contributed by atoms with Gasteiger partial charge in [-0.25, -0.2) is 4.98 Å². The maximum Gasteiger partial charge on any atom is 0.227 e. The second-order valence-electron chi connectivity index (χ2n) is 8.35. The van der Waals surface area contributed by atoms with E-state index in [1.54, 1.807) is 11.3 Å². The molecule has 2 aliphatic carbocycles. The summed E-state index contributed by atoms with van der Waals surface area (Å²) in [5, 5.41) is 9.18. The lowest BCUT2D eigenvalue weighted by atomic mass is 9.92. The zero-order chi connectivity index (χ0) is 19.6. The first kappa shape index (κ1) is 24.0. The quantitative estimate of drug-likeness (QED) is 0.449. The molecule has 31 heavy (non-hydrogen) atoms. The number of imidazole rings is 1. The molecule has 0 aliphatic heterocycles. The van der Waals surface area contributed by atoms with Gasteiger partial charge in [0.25, 0.3) is 0 Å². The third kappa shape index (κ3) is 5.42. The molecule has 7 nitrogen and oxygen atoms in total. The summed E-state index contributed by atoms with van der Waals surface area (Å²) in [4.78, 5) is 15.7. The first-order valence-corrected chi connectivity index (χ1v) is 11.7. The van der Waals surface area contributed by atoms with Crippen LogP contribution in [-0.4, -0.2) is 31.6 Å². The van der Waals surface area contributed by atoms with Crippen molar-refractivity contribution in [1.82, 2.24) is 19.5 Å². The Bertz CT molecular complexity index is 948. The molecule has 4 N–H and O–H groups in total. The molecule has 0 saturated heterocycles. The number of aromatic nitrogens is 4. The van der Waals surface area contributed by atoms with Gasteiger partial charge in [-0.15, -0.1) is 36.2 Å². The van der Waals surface area contributed by atoms with Crippen LogP contribution in [0.15, 0.2) is 23.8 Å². The smallest absolute Gasteiger partial charge is 0.227 e. The minimum Gasteiger partial charge on any atom is -0.363 e. The van der Waals surface area contributed by atoms with E-state index in [1.165, 1.54) is 30.6 Å². The molecular formula is C21H31Cl2N7S. The lowest BCUT2D eigenvalue weighted by molar-refractivity contribution is 0.410. The normalized spacial score (nSPS) is 21.5. The third-order valence-corrected chi connectivity index (χ3v) is 7.13. The summed E-state index contributed by atoms with van der Waals surface area (Å²) in [6.07, 6.45) is 11.2. The van der Waals surface area contributed by atoms with Crippen molar-refractivity contribution in [2.75, 3.05) is 10.6 Å². The van der Waals surface area contributed by atoms with E-state index in [-0.39, 0.29) is 24.8 Å². The standard InChI is InChI=1S/C21H29N7S.2ClH/c22-14-7-9-15(10-8-14)25-21-26-19(23-12-17-6-3-11-29-17)18-20(27-21)28(13-24-18)16-4-1-2-5-16;;/h3,6,11,13-16H,1-2,4-5,7-10,12,22H2,(H2,23,25,26,27);2*1H/t14-,15-;;. The molecule has 2 saturated carbocycles. The van der Waals surface area contributed by atoms with E-state index < -0.39 is 0 Å². The van der Waals surface area contributed by atoms with Crippen LogP contribution in [0.5, 0.6) is 0 Å². The van der Waals surface area contributed by atoms with Crippen LogP contribution in [-0.2, 0) is 6.54 Å². The molecule has 0 radical (unpaired) electrons. The Kier molecular flexibility index (Phi) is 8.38. The number of nitrogens with one attached hydrogen (secondary N) is 2. The van der Waals surface area contributed by atoms with Gasteiger partial charge < -0.3 is 20.9 Å². The van der Waals surface area contributed by atoms with Crippen LogP contribution in [0.2, 0.25) is 0 Å². The number of halogens is 2. The van der Waals surface area contributed by atoms with Gasteiger partial charge in [0.2, 0.25) is 5.95 Å². The number of hydrogen-bond donors (Lipinski definition) is 3. The van der Waals surface area contributed by atoms with Gasteiger partial charge in [0.15, 0.2) is 17.0 Å². The van der Waals surface area contributed by atoms with Crippen molar-refractivity contribution in [1.29, 1.82) is 0 Å². The number of fused-ring (bicyclic) bond motifs is 1. The molecule has 3 heterocycles. The molecule has 0 aromatic carbocycles. The third-order valence-electron chi connectivity index (χ3n) is 6.25. The molecule has 170 valence electrons. The van der Waals surface area contributed by atoms with Gasteiger partial charge in [-0.3, -0.25) is 0 Å². The van der Waals surface area contributed by atoms with Crippen LogP contribution in [0.25, 0.3) is 11.2 Å². The Morgan fingerprint density at radius 3 is 2.55 bits per heavy atom. The minimum atomic E-state index is 0. The van der Waals surface area contributed by atoms with Crippen LogP contribution in [0.4, 0.5) is 11.8 Å². The fraction of sp³-hybridized carbons (Fsp3) is 0.571. The fourth-order valence-electron chi connectivity index (χ4n) is 4.58. The van der Waals surface area contributed by atoms with E-state index in [0.717, 1.165) is 49.2 Å². The van der Waals surface area contributed by atoms with Crippen molar-refractivity contribution in [3.05, 3.63) is 28.7 Å². The summed E-state index contributed by atoms with van der Waals surface area (Å²) in [5.74, 6) is 1.52. The molecule has 3 aromatic rings. The van der Waals surface area contributed by atoms with Crippen LogP contribution >= 0.6 is 36.2 Å². The molecule has 0 unspecified atom stereocenters. The molecular weight excluding hydrogens is 453 g/mol. The number of anilines is 2. The number of nitrogens with zero attached hydrogens (tertiary/aromatic N) is 4. The van der Waals surface area contributed by atoms with Crippen LogP contribution in [0, 0.1) is 0 Å². The number of thiophene rings is 1. The van der Waals surface area contributed by atoms with E-state index in [4.69, 9.17) is 20.7 Å². The topological polar surface area (TPSA) is 93.7 Å². The summed E-state index contributed by atoms with van der Waals surface area (Å²) in [6, 6.07) is 5.44. The molecule has 0 amide bonds. The van der Waals surface area contributed by atoms with Gasteiger partial charge in [-0.05, 0) is 50.0 Å². The Hall–Kier alpha value is -1.61. The van der Waals surface area contributed by atoms with Crippen molar-refractivity contribution in [2.24, 2.45) is 5.73 Å². The zero-order valence-electron chi connectivity index (χ0n) is 17.5. The maximum absolute atomic E-state index is 6.07. The highest BCUT2D eigenvalue weighted by Crippen LogP contribution is 2.33. The largest absolute Gasteiger partial charge is 0.363 e. The van der Waals surface area contributed by atoms with Gasteiger partial charge >= 0.3 is 0 Å². The Morgan fingerprint density at radius 1 is 1.06 bits per heavy atom. The predicted molar refractivity (Wildman–Crippen MR) is 133 cm³/mol. The lowest BCUT2D eigenvalue weighted by Gasteiger charge is -2.27. The predicted octanol–water partition coefficient (Wildman–Crippen LogP) is 5.14. The first-order chi connectivity index (χ1) is 14.3. The SMILES string of the molecule is Cl.Cl.N[C@H]1CC[C@H](Nc2nc(NCc3cccs3)c3ncn(C4CCCC4)c3n2)CC1. The van der Waals surface area contributed by atoms with E-state index in [1.807, 2.05) is 6.33 Å². The van der Waals surface area contributed by atoms with E-state index in [0.29, 0.717) is 24.1 Å². The van der Waals surface area contributed by atoms with Gasteiger partial charge in [-0.2, -0.15) is 9.97 Å². The van der Waals surface area contributed by atoms with E-state index in [2.05, 4.69) is 32.7 Å². The highest BCUT2D eigenvalue weighted by molar-refractivity contribution is 7.09. The van der Waals surface area contributed by atoms with Gasteiger partial charge in [0, 0.05) is 23.0 Å². The highest BCUT2D eigenvalue weighted by Gasteiger charge is 2.23. The molecule has 2 fully saturated rings. The number of hydrogen-bond acceptors (Lipinski definition) is 7. The molecule has 0 bridgehead atoms. The molecule has 0 spiro atoms. The zero-order valence-corrected chi connectivity index (χ0v) is 19.9.